The van der Waals surface area contributed by atoms with Gasteiger partial charge in [0.05, 0.1) is 5.92 Å². The van der Waals surface area contributed by atoms with Crippen LogP contribution in [0.5, 0.6) is 0 Å². The Morgan fingerprint density at radius 1 is 1.07 bits per heavy atom. The van der Waals surface area contributed by atoms with Gasteiger partial charge in [0.1, 0.15) is 0 Å². The van der Waals surface area contributed by atoms with Crippen molar-refractivity contribution in [2.75, 3.05) is 16.8 Å². The zero-order valence-corrected chi connectivity index (χ0v) is 16.8. The van der Waals surface area contributed by atoms with Crippen LogP contribution in [0.3, 0.4) is 0 Å². The number of rotatable bonds is 3. The Hall–Kier alpha value is -2.62. The standard InChI is InChI=1S/C23H28N2O2/c1-15-6-7-16(2)20(12-15)24-22(27)17-13-21(26)25(14-17)19-10-8-18(9-11-19)23(3,4)5/h6-12,17H,13-14H2,1-5H3,(H,24,27). The van der Waals surface area contributed by atoms with Crippen molar-refractivity contribution in [3.63, 3.8) is 0 Å². The van der Waals surface area contributed by atoms with E-state index in [1.165, 1.54) is 5.56 Å². The van der Waals surface area contributed by atoms with Crippen molar-refractivity contribution in [3.8, 4) is 0 Å². The molecule has 2 aromatic rings. The Kier molecular flexibility index (Phi) is 5.09. The second-order valence-electron chi connectivity index (χ2n) is 8.51. The highest BCUT2D eigenvalue weighted by atomic mass is 16.2. The molecule has 1 saturated heterocycles. The van der Waals surface area contributed by atoms with Crippen molar-refractivity contribution in [1.29, 1.82) is 0 Å². The van der Waals surface area contributed by atoms with Gasteiger partial charge >= 0.3 is 0 Å². The summed E-state index contributed by atoms with van der Waals surface area (Å²) >= 11 is 0. The average molecular weight is 364 g/mol. The molecule has 27 heavy (non-hydrogen) atoms. The third-order valence-corrected chi connectivity index (χ3v) is 5.19. The minimum absolute atomic E-state index is 0.000349. The minimum atomic E-state index is -0.334. The summed E-state index contributed by atoms with van der Waals surface area (Å²) in [4.78, 5) is 26.9. The van der Waals surface area contributed by atoms with Gasteiger partial charge in [0, 0.05) is 24.3 Å². The number of carbonyl (C=O) groups is 2. The Balaban J connectivity index is 1.71. The monoisotopic (exact) mass is 364 g/mol. The Labute approximate surface area is 161 Å². The third-order valence-electron chi connectivity index (χ3n) is 5.19. The van der Waals surface area contributed by atoms with Crippen molar-refractivity contribution in [2.45, 2.75) is 46.5 Å². The molecule has 4 heteroatoms. The molecule has 1 N–H and O–H groups in total. The fourth-order valence-electron chi connectivity index (χ4n) is 3.38. The van der Waals surface area contributed by atoms with Gasteiger partial charge in [-0.3, -0.25) is 9.59 Å². The number of hydrogen-bond donors (Lipinski definition) is 1. The maximum absolute atomic E-state index is 12.7. The highest BCUT2D eigenvalue weighted by Gasteiger charge is 2.35. The molecule has 142 valence electrons. The van der Waals surface area contributed by atoms with Crippen LogP contribution in [0.4, 0.5) is 11.4 Å². The summed E-state index contributed by atoms with van der Waals surface area (Å²) < 4.78 is 0. The summed E-state index contributed by atoms with van der Waals surface area (Å²) in [6.45, 7) is 10.9. The number of carbonyl (C=O) groups excluding carboxylic acids is 2. The summed E-state index contributed by atoms with van der Waals surface area (Å²) in [5.74, 6) is -0.426. The van der Waals surface area contributed by atoms with Crippen molar-refractivity contribution in [2.24, 2.45) is 5.92 Å². The van der Waals surface area contributed by atoms with Crippen LogP contribution in [-0.2, 0) is 15.0 Å². The summed E-state index contributed by atoms with van der Waals surface area (Å²) in [7, 11) is 0. The molecule has 1 fully saturated rings. The van der Waals surface area contributed by atoms with E-state index >= 15 is 0 Å². The van der Waals surface area contributed by atoms with Crippen LogP contribution in [0.1, 0.15) is 43.9 Å². The van der Waals surface area contributed by atoms with E-state index in [1.54, 1.807) is 4.90 Å². The molecule has 2 amide bonds. The molecule has 2 aromatic carbocycles. The second-order valence-corrected chi connectivity index (χ2v) is 8.51. The lowest BCUT2D eigenvalue weighted by Crippen LogP contribution is -2.28. The highest BCUT2D eigenvalue weighted by molar-refractivity contribution is 6.03. The van der Waals surface area contributed by atoms with Crippen LogP contribution in [0, 0.1) is 19.8 Å². The van der Waals surface area contributed by atoms with E-state index in [-0.39, 0.29) is 29.6 Å². The first-order valence-corrected chi connectivity index (χ1v) is 9.44. The molecule has 3 rings (SSSR count). The van der Waals surface area contributed by atoms with E-state index in [1.807, 2.05) is 44.2 Å². The predicted octanol–water partition coefficient (Wildman–Crippen LogP) is 4.59. The van der Waals surface area contributed by atoms with Gasteiger partial charge in [-0.25, -0.2) is 0 Å². The number of nitrogens with one attached hydrogen (secondary N) is 1. The van der Waals surface area contributed by atoms with E-state index in [2.05, 4.69) is 38.2 Å². The lowest BCUT2D eigenvalue weighted by atomic mass is 9.87. The van der Waals surface area contributed by atoms with Gasteiger partial charge in [0.25, 0.3) is 0 Å². The molecule has 1 atom stereocenters. The average Bonchev–Trinajstić information content (AvgIpc) is 2.99. The van der Waals surface area contributed by atoms with Gasteiger partial charge in [-0.1, -0.05) is 45.0 Å². The molecule has 4 nitrogen and oxygen atoms in total. The fraction of sp³-hybridized carbons (Fsp3) is 0.391. The quantitative estimate of drug-likeness (QED) is 0.866. The van der Waals surface area contributed by atoms with E-state index in [4.69, 9.17) is 0 Å². The fourth-order valence-corrected chi connectivity index (χ4v) is 3.38. The topological polar surface area (TPSA) is 49.4 Å². The van der Waals surface area contributed by atoms with Crippen molar-refractivity contribution in [1.82, 2.24) is 0 Å². The molecule has 1 aliphatic heterocycles. The zero-order chi connectivity index (χ0) is 19.8. The highest BCUT2D eigenvalue weighted by Crippen LogP contribution is 2.29. The molecule has 1 heterocycles. The van der Waals surface area contributed by atoms with Gasteiger partial charge in [0.2, 0.25) is 11.8 Å². The summed E-state index contributed by atoms with van der Waals surface area (Å²) in [6.07, 6.45) is 0.248. The Morgan fingerprint density at radius 2 is 1.74 bits per heavy atom. The normalized spacial score (nSPS) is 17.3. The Morgan fingerprint density at radius 3 is 2.37 bits per heavy atom. The van der Waals surface area contributed by atoms with E-state index in [9.17, 15) is 9.59 Å². The number of aryl methyl sites for hydroxylation is 2. The number of anilines is 2. The van der Waals surface area contributed by atoms with E-state index in [0.29, 0.717) is 6.54 Å². The molecule has 0 saturated carbocycles. The largest absolute Gasteiger partial charge is 0.326 e. The number of hydrogen-bond acceptors (Lipinski definition) is 2. The second kappa shape index (κ2) is 7.18. The summed E-state index contributed by atoms with van der Waals surface area (Å²) in [5, 5.41) is 3.00. The van der Waals surface area contributed by atoms with Crippen molar-refractivity contribution >= 4 is 23.2 Å². The number of benzene rings is 2. The van der Waals surface area contributed by atoms with Gasteiger partial charge in [-0.15, -0.1) is 0 Å². The van der Waals surface area contributed by atoms with Gasteiger partial charge in [-0.2, -0.15) is 0 Å². The number of nitrogens with zero attached hydrogens (tertiary/aromatic N) is 1. The first kappa shape index (κ1) is 19.2. The molecular weight excluding hydrogens is 336 g/mol. The lowest BCUT2D eigenvalue weighted by Gasteiger charge is -2.21. The third kappa shape index (κ3) is 4.21. The van der Waals surface area contributed by atoms with Crippen LogP contribution in [-0.4, -0.2) is 18.4 Å². The smallest absolute Gasteiger partial charge is 0.229 e. The van der Waals surface area contributed by atoms with Crippen LogP contribution in [0.25, 0.3) is 0 Å². The molecule has 0 aliphatic carbocycles. The summed E-state index contributed by atoms with van der Waals surface area (Å²) in [5.41, 5.74) is 5.09. The SMILES string of the molecule is Cc1ccc(C)c(NC(=O)C2CC(=O)N(c3ccc(C(C)(C)C)cc3)C2)c1. The molecule has 0 spiro atoms. The molecular formula is C23H28N2O2. The van der Waals surface area contributed by atoms with Crippen molar-refractivity contribution in [3.05, 3.63) is 59.2 Å². The van der Waals surface area contributed by atoms with Gasteiger partial charge < -0.3 is 10.2 Å². The zero-order valence-electron chi connectivity index (χ0n) is 16.8. The first-order valence-electron chi connectivity index (χ1n) is 9.44. The predicted molar refractivity (Wildman–Crippen MR) is 110 cm³/mol. The van der Waals surface area contributed by atoms with E-state index < -0.39 is 0 Å². The minimum Gasteiger partial charge on any atom is -0.326 e. The van der Waals surface area contributed by atoms with Crippen LogP contribution in [0.15, 0.2) is 42.5 Å². The maximum atomic E-state index is 12.7. The first-order chi connectivity index (χ1) is 12.6. The number of amides is 2. The molecule has 1 aliphatic rings. The maximum Gasteiger partial charge on any atom is 0.229 e. The van der Waals surface area contributed by atoms with Crippen LogP contribution in [0.2, 0.25) is 0 Å². The molecule has 1 unspecified atom stereocenters. The molecule has 0 radical (unpaired) electrons. The van der Waals surface area contributed by atoms with Crippen molar-refractivity contribution < 1.29 is 9.59 Å². The van der Waals surface area contributed by atoms with Gasteiger partial charge in [-0.05, 0) is 54.2 Å². The molecule has 0 aromatic heterocycles. The Bertz CT molecular complexity index is 863. The van der Waals surface area contributed by atoms with Crippen LogP contribution < -0.4 is 10.2 Å². The summed E-state index contributed by atoms with van der Waals surface area (Å²) in [6, 6.07) is 14.1. The lowest BCUT2D eigenvalue weighted by molar-refractivity contribution is -0.122. The van der Waals surface area contributed by atoms with Crippen LogP contribution >= 0.6 is 0 Å². The molecule has 0 bridgehead atoms. The van der Waals surface area contributed by atoms with Gasteiger partial charge in [0.15, 0.2) is 0 Å². The van der Waals surface area contributed by atoms with E-state index in [0.717, 1.165) is 22.5 Å².